The first kappa shape index (κ1) is 16.8. The molecule has 1 unspecified atom stereocenters. The average molecular weight is 394 g/mol. The lowest BCUT2D eigenvalue weighted by Gasteiger charge is -2.16. The number of aliphatic hydroxyl groups is 1. The summed E-state index contributed by atoms with van der Waals surface area (Å²) >= 11 is 15.7. The van der Waals surface area contributed by atoms with Crippen molar-refractivity contribution >= 4 is 39.1 Å². The molecule has 1 aromatic carbocycles. The molecule has 1 atom stereocenters. The van der Waals surface area contributed by atoms with Crippen LogP contribution in [-0.2, 0) is 17.7 Å². The van der Waals surface area contributed by atoms with Crippen molar-refractivity contribution in [1.82, 2.24) is 9.78 Å². The van der Waals surface area contributed by atoms with E-state index in [2.05, 4.69) is 21.0 Å². The molecular weight excluding hydrogens is 379 g/mol. The maximum absolute atomic E-state index is 10.5. The van der Waals surface area contributed by atoms with Crippen molar-refractivity contribution in [2.24, 2.45) is 0 Å². The van der Waals surface area contributed by atoms with Crippen molar-refractivity contribution in [1.29, 1.82) is 0 Å². The molecule has 0 bridgehead atoms. The minimum absolute atomic E-state index is 0.315. The summed E-state index contributed by atoms with van der Waals surface area (Å²) in [5.74, 6) is 0. The third-order valence-corrected chi connectivity index (χ3v) is 4.43. The molecule has 0 aliphatic carbocycles. The van der Waals surface area contributed by atoms with Gasteiger partial charge in [-0.05, 0) is 33.6 Å². The molecule has 114 valence electrons. The SMILES string of the molecule is COCCn1ncc(Br)c1C(O)Cc1c(Cl)cccc1Cl. The number of methoxy groups -OCH3 is 1. The second kappa shape index (κ2) is 7.61. The number of benzene rings is 1. The summed E-state index contributed by atoms with van der Waals surface area (Å²) in [7, 11) is 1.62. The number of nitrogens with zero attached hydrogens (tertiary/aromatic N) is 2. The molecule has 1 aromatic heterocycles. The monoisotopic (exact) mass is 392 g/mol. The summed E-state index contributed by atoms with van der Waals surface area (Å²) in [4.78, 5) is 0. The first-order valence-electron chi connectivity index (χ1n) is 6.35. The Bertz CT molecular complexity index is 599. The van der Waals surface area contributed by atoms with Crippen LogP contribution in [0, 0.1) is 0 Å². The molecule has 0 saturated carbocycles. The van der Waals surface area contributed by atoms with Gasteiger partial charge in [0, 0.05) is 23.6 Å². The second-order valence-electron chi connectivity index (χ2n) is 4.51. The number of aliphatic hydroxyl groups excluding tert-OH is 1. The minimum atomic E-state index is -0.767. The van der Waals surface area contributed by atoms with E-state index in [4.69, 9.17) is 27.9 Å². The van der Waals surface area contributed by atoms with E-state index in [9.17, 15) is 5.11 Å². The van der Waals surface area contributed by atoms with Gasteiger partial charge in [-0.25, -0.2) is 0 Å². The molecule has 0 aliphatic rings. The van der Waals surface area contributed by atoms with Crippen molar-refractivity contribution in [3.63, 3.8) is 0 Å². The van der Waals surface area contributed by atoms with E-state index >= 15 is 0 Å². The van der Waals surface area contributed by atoms with Crippen molar-refractivity contribution in [3.8, 4) is 0 Å². The highest BCUT2D eigenvalue weighted by Crippen LogP contribution is 2.31. The summed E-state index contributed by atoms with van der Waals surface area (Å²) in [5, 5.41) is 15.8. The Balaban J connectivity index is 2.24. The maximum Gasteiger partial charge on any atom is 0.101 e. The smallest absolute Gasteiger partial charge is 0.101 e. The summed E-state index contributed by atoms with van der Waals surface area (Å²) < 4.78 is 7.50. The van der Waals surface area contributed by atoms with Gasteiger partial charge < -0.3 is 9.84 Å². The summed E-state index contributed by atoms with van der Waals surface area (Å²) in [5.41, 5.74) is 1.41. The van der Waals surface area contributed by atoms with Crippen LogP contribution in [-0.4, -0.2) is 28.6 Å². The van der Waals surface area contributed by atoms with Gasteiger partial charge in [-0.1, -0.05) is 29.3 Å². The fraction of sp³-hybridized carbons (Fsp3) is 0.357. The van der Waals surface area contributed by atoms with Gasteiger partial charge in [-0.2, -0.15) is 5.10 Å². The number of rotatable bonds is 6. The standard InChI is InChI=1S/C14H15BrCl2N2O2/c1-21-6-5-19-14(10(15)8-18-19)13(20)7-9-11(16)3-2-4-12(9)17/h2-4,8,13,20H,5-7H2,1H3. The Morgan fingerprint density at radius 1 is 1.38 bits per heavy atom. The number of halogens is 3. The van der Waals surface area contributed by atoms with E-state index in [1.807, 2.05) is 0 Å². The quantitative estimate of drug-likeness (QED) is 0.810. The zero-order chi connectivity index (χ0) is 15.4. The van der Waals surface area contributed by atoms with Crippen molar-refractivity contribution < 1.29 is 9.84 Å². The molecule has 0 spiro atoms. The van der Waals surface area contributed by atoms with Crippen LogP contribution in [0.25, 0.3) is 0 Å². The number of ether oxygens (including phenoxy) is 1. The van der Waals surface area contributed by atoms with Crippen LogP contribution in [0.1, 0.15) is 17.4 Å². The third-order valence-electron chi connectivity index (χ3n) is 3.12. The highest BCUT2D eigenvalue weighted by Gasteiger charge is 2.20. The normalized spacial score (nSPS) is 12.6. The second-order valence-corrected chi connectivity index (χ2v) is 6.18. The Morgan fingerprint density at radius 3 is 2.67 bits per heavy atom. The molecule has 21 heavy (non-hydrogen) atoms. The van der Waals surface area contributed by atoms with Crippen LogP contribution >= 0.6 is 39.1 Å². The first-order chi connectivity index (χ1) is 10.0. The highest BCUT2D eigenvalue weighted by molar-refractivity contribution is 9.10. The molecule has 1 N–H and O–H groups in total. The fourth-order valence-electron chi connectivity index (χ4n) is 2.08. The van der Waals surface area contributed by atoms with Gasteiger partial charge in [0.25, 0.3) is 0 Å². The van der Waals surface area contributed by atoms with Crippen LogP contribution in [0.3, 0.4) is 0 Å². The third kappa shape index (κ3) is 3.99. The van der Waals surface area contributed by atoms with E-state index in [1.165, 1.54) is 0 Å². The van der Waals surface area contributed by atoms with Gasteiger partial charge in [0.2, 0.25) is 0 Å². The van der Waals surface area contributed by atoms with E-state index in [1.54, 1.807) is 36.2 Å². The predicted molar refractivity (Wildman–Crippen MR) is 86.9 cm³/mol. The molecular formula is C14H15BrCl2N2O2. The number of hydrogen-bond acceptors (Lipinski definition) is 3. The van der Waals surface area contributed by atoms with E-state index in [-0.39, 0.29) is 0 Å². The predicted octanol–water partition coefficient (Wildman–Crippen LogP) is 3.87. The van der Waals surface area contributed by atoms with E-state index in [0.29, 0.717) is 35.3 Å². The maximum atomic E-state index is 10.5. The van der Waals surface area contributed by atoms with Gasteiger partial charge in [0.05, 0.1) is 29.5 Å². The lowest BCUT2D eigenvalue weighted by atomic mass is 10.1. The van der Waals surface area contributed by atoms with Gasteiger partial charge in [-0.15, -0.1) is 0 Å². The molecule has 1 heterocycles. The molecule has 0 radical (unpaired) electrons. The lowest BCUT2D eigenvalue weighted by Crippen LogP contribution is -2.14. The number of hydrogen-bond donors (Lipinski definition) is 1. The Hall–Kier alpha value is -0.590. The van der Waals surface area contributed by atoms with Crippen molar-refractivity contribution in [2.75, 3.05) is 13.7 Å². The molecule has 0 amide bonds. The zero-order valence-electron chi connectivity index (χ0n) is 11.4. The van der Waals surface area contributed by atoms with Gasteiger partial charge in [-0.3, -0.25) is 4.68 Å². The topological polar surface area (TPSA) is 47.3 Å². The lowest BCUT2D eigenvalue weighted by molar-refractivity contribution is 0.152. The molecule has 0 fully saturated rings. The minimum Gasteiger partial charge on any atom is -0.386 e. The molecule has 2 aromatic rings. The molecule has 0 saturated heterocycles. The molecule has 4 nitrogen and oxygen atoms in total. The average Bonchev–Trinajstić information content (AvgIpc) is 2.81. The van der Waals surface area contributed by atoms with Gasteiger partial charge >= 0.3 is 0 Å². The largest absolute Gasteiger partial charge is 0.386 e. The van der Waals surface area contributed by atoms with Gasteiger partial charge in [0.1, 0.15) is 6.10 Å². The zero-order valence-corrected chi connectivity index (χ0v) is 14.5. The van der Waals surface area contributed by atoms with Crippen molar-refractivity contribution in [3.05, 3.63) is 50.2 Å². The molecule has 7 heteroatoms. The van der Waals surface area contributed by atoms with Crippen LogP contribution < -0.4 is 0 Å². The van der Waals surface area contributed by atoms with Crippen LogP contribution in [0.15, 0.2) is 28.9 Å². The Morgan fingerprint density at radius 2 is 2.05 bits per heavy atom. The first-order valence-corrected chi connectivity index (χ1v) is 7.90. The summed E-state index contributed by atoms with van der Waals surface area (Å²) in [6, 6.07) is 5.29. The fourth-order valence-corrected chi connectivity index (χ4v) is 3.19. The van der Waals surface area contributed by atoms with Crippen molar-refractivity contribution in [2.45, 2.75) is 19.1 Å². The van der Waals surface area contributed by atoms with Crippen LogP contribution in [0.4, 0.5) is 0 Å². The van der Waals surface area contributed by atoms with E-state index < -0.39 is 6.10 Å². The molecule has 2 rings (SSSR count). The number of aromatic nitrogens is 2. The summed E-state index contributed by atoms with van der Waals surface area (Å²) in [6.45, 7) is 1.07. The Kier molecular flexibility index (Phi) is 6.08. The van der Waals surface area contributed by atoms with Crippen LogP contribution in [0.2, 0.25) is 10.0 Å². The van der Waals surface area contributed by atoms with Gasteiger partial charge in [0.15, 0.2) is 0 Å². The Labute approximate surface area is 141 Å². The highest BCUT2D eigenvalue weighted by atomic mass is 79.9. The van der Waals surface area contributed by atoms with Crippen LogP contribution in [0.5, 0.6) is 0 Å². The summed E-state index contributed by atoms with van der Waals surface area (Å²) in [6.07, 6.45) is 1.20. The van der Waals surface area contributed by atoms with E-state index in [0.717, 1.165) is 10.0 Å². The molecule has 0 aliphatic heterocycles.